The van der Waals surface area contributed by atoms with Crippen LogP contribution in [0, 0.1) is 17.6 Å². The minimum Gasteiger partial charge on any atom is -0.443 e. The third-order valence-electron chi connectivity index (χ3n) is 6.96. The van der Waals surface area contributed by atoms with Crippen molar-refractivity contribution in [1.82, 2.24) is 9.80 Å². The first-order valence-electron chi connectivity index (χ1n) is 13.4. The van der Waals surface area contributed by atoms with E-state index in [0.717, 1.165) is 17.8 Å². The van der Waals surface area contributed by atoms with Crippen molar-refractivity contribution in [3.63, 3.8) is 0 Å². The molecule has 13 heteroatoms. The Morgan fingerprint density at radius 3 is 2.05 bits per heavy atom. The number of carbonyl (C=O) groups is 3. The van der Waals surface area contributed by atoms with Crippen LogP contribution in [0.1, 0.15) is 67.9 Å². The maximum absolute atomic E-state index is 15.5. The van der Waals surface area contributed by atoms with Gasteiger partial charge in [0.1, 0.15) is 15.9 Å². The van der Waals surface area contributed by atoms with E-state index in [1.54, 1.807) is 60.3 Å². The van der Waals surface area contributed by atoms with Gasteiger partial charge in [-0.15, -0.1) is 0 Å². The molecule has 0 aromatic heterocycles. The van der Waals surface area contributed by atoms with E-state index in [-0.39, 0.29) is 22.3 Å². The molecule has 1 aromatic rings. The molecule has 1 saturated heterocycles. The number of ether oxygens (including phenoxy) is 3. The van der Waals surface area contributed by atoms with E-state index in [9.17, 15) is 18.8 Å². The van der Waals surface area contributed by atoms with Gasteiger partial charge in [-0.2, -0.15) is 4.90 Å². The predicted octanol–water partition coefficient (Wildman–Crippen LogP) is 5.29. The molecule has 3 amide bonds. The number of aliphatic imine (C=N–C) groups is 1. The second kappa shape index (κ2) is 11.4. The highest BCUT2D eigenvalue weighted by Gasteiger charge is 2.57. The number of carbonyl (C=O) groups excluding carboxylic acids is 3. The van der Waals surface area contributed by atoms with Gasteiger partial charge in [-0.25, -0.2) is 23.4 Å². The average molecular weight is 599 g/mol. The van der Waals surface area contributed by atoms with Gasteiger partial charge in [-0.3, -0.25) is 4.79 Å². The first-order valence-corrected chi connectivity index (χ1v) is 14.2. The quantitative estimate of drug-likeness (QED) is 0.456. The van der Waals surface area contributed by atoms with Crippen LogP contribution in [-0.2, 0) is 24.5 Å². The van der Waals surface area contributed by atoms with Gasteiger partial charge in [0.2, 0.25) is 5.91 Å². The monoisotopic (exact) mass is 598 g/mol. The zero-order chi connectivity index (χ0) is 31.1. The van der Waals surface area contributed by atoms with Crippen molar-refractivity contribution in [1.29, 1.82) is 0 Å². The molecule has 1 fully saturated rings. The smallest absolute Gasteiger partial charge is 0.426 e. The molecule has 2 heterocycles. The molecule has 2 aliphatic rings. The number of benzene rings is 1. The molecule has 3 rings (SSSR count). The van der Waals surface area contributed by atoms with Crippen LogP contribution in [-0.4, -0.2) is 75.3 Å². The summed E-state index contributed by atoms with van der Waals surface area (Å²) in [6.45, 7) is 15.9. The number of nitrogen functional groups attached to an aromatic ring is 1. The molecule has 10 nitrogen and oxygen atoms in total. The lowest BCUT2D eigenvalue weighted by atomic mass is 9.73. The highest BCUT2D eigenvalue weighted by molar-refractivity contribution is 8.15. The number of hydrogen-bond acceptors (Lipinski definition) is 9. The topological polar surface area (TPSA) is 124 Å². The number of nitrogens with two attached hydrogens (primary N) is 1. The van der Waals surface area contributed by atoms with Crippen LogP contribution in [0.2, 0.25) is 0 Å². The van der Waals surface area contributed by atoms with Crippen LogP contribution in [0.15, 0.2) is 17.1 Å². The molecule has 228 valence electrons. The van der Waals surface area contributed by atoms with Crippen molar-refractivity contribution < 1.29 is 37.4 Å². The molecule has 3 atom stereocenters. The lowest BCUT2D eigenvalue weighted by Gasteiger charge is -2.49. The fraction of sp³-hybridized carbons (Fsp3) is 0.643. The summed E-state index contributed by atoms with van der Waals surface area (Å²) >= 11 is 0.866. The Kier molecular flexibility index (Phi) is 9.05. The normalized spacial score (nSPS) is 25.3. The summed E-state index contributed by atoms with van der Waals surface area (Å²) < 4.78 is 45.2. The molecular formula is C28H40F2N4O6S. The van der Waals surface area contributed by atoms with Crippen molar-refractivity contribution in [3.8, 4) is 0 Å². The van der Waals surface area contributed by atoms with Crippen molar-refractivity contribution in [2.24, 2.45) is 10.9 Å². The van der Waals surface area contributed by atoms with E-state index >= 15 is 4.39 Å². The van der Waals surface area contributed by atoms with E-state index in [0.29, 0.717) is 31.2 Å². The van der Waals surface area contributed by atoms with Gasteiger partial charge in [0.15, 0.2) is 16.8 Å². The van der Waals surface area contributed by atoms with E-state index in [1.165, 1.54) is 13.0 Å². The molecule has 0 spiro atoms. The maximum atomic E-state index is 15.5. The van der Waals surface area contributed by atoms with Gasteiger partial charge in [0, 0.05) is 30.3 Å². The lowest BCUT2D eigenvalue weighted by molar-refractivity contribution is -0.139. The molecule has 0 saturated carbocycles. The number of halogens is 2. The summed E-state index contributed by atoms with van der Waals surface area (Å²) in [5.41, 5.74) is 1.94. The molecule has 41 heavy (non-hydrogen) atoms. The Morgan fingerprint density at radius 1 is 1.05 bits per heavy atom. The highest BCUT2D eigenvalue weighted by Crippen LogP contribution is 2.53. The third-order valence-corrected chi connectivity index (χ3v) is 8.37. The molecule has 0 aliphatic carbocycles. The van der Waals surface area contributed by atoms with Crippen molar-refractivity contribution >= 4 is 40.7 Å². The number of nitrogens with zero attached hydrogens (tertiary/aromatic N) is 3. The summed E-state index contributed by atoms with van der Waals surface area (Å²) in [5, 5.41) is -0.263. The average Bonchev–Trinajstić information content (AvgIpc) is 2.82. The number of rotatable bonds is 2. The van der Waals surface area contributed by atoms with Gasteiger partial charge >= 0.3 is 12.2 Å². The second-order valence-electron chi connectivity index (χ2n) is 12.5. The van der Waals surface area contributed by atoms with Crippen molar-refractivity contribution in [2.75, 3.05) is 32.0 Å². The Morgan fingerprint density at radius 2 is 1.56 bits per heavy atom. The Hall–Kier alpha value is -2.93. The molecule has 2 N–H and O–H groups in total. The van der Waals surface area contributed by atoms with E-state index in [1.807, 2.05) is 0 Å². The van der Waals surface area contributed by atoms with Gasteiger partial charge in [0.05, 0.1) is 18.8 Å². The minimum absolute atomic E-state index is 0.0559. The summed E-state index contributed by atoms with van der Waals surface area (Å²) in [6, 6.07) is 2.10. The zero-order valence-corrected chi connectivity index (χ0v) is 25.9. The van der Waals surface area contributed by atoms with Gasteiger partial charge in [-0.1, -0.05) is 18.7 Å². The summed E-state index contributed by atoms with van der Waals surface area (Å²) in [6.07, 6.45) is -2.20. The lowest BCUT2D eigenvalue weighted by Crippen LogP contribution is -2.60. The third kappa shape index (κ3) is 6.94. The fourth-order valence-electron chi connectivity index (χ4n) is 4.66. The fourth-order valence-corrected chi connectivity index (χ4v) is 6.13. The summed E-state index contributed by atoms with van der Waals surface area (Å²) in [7, 11) is 0. The number of amides is 3. The molecule has 0 radical (unpaired) electrons. The first-order chi connectivity index (χ1) is 18.7. The SMILES string of the molecule is CC1[C@@](C)(C(=O)N2CCOCC2)SC(N(C(=O)OC(C)(C)C)C(=O)OC(C)(C)C)=N[C@]1(C)c1cc(N)cc(F)c1F. The number of morpholine rings is 1. The highest BCUT2D eigenvalue weighted by atomic mass is 32.2. The number of hydrogen-bond donors (Lipinski definition) is 1. The zero-order valence-electron chi connectivity index (χ0n) is 25.1. The van der Waals surface area contributed by atoms with E-state index < -0.39 is 51.2 Å². The Balaban J connectivity index is 2.29. The molecular weight excluding hydrogens is 558 g/mol. The summed E-state index contributed by atoms with van der Waals surface area (Å²) in [5.74, 6) is -3.52. The predicted molar refractivity (Wildman–Crippen MR) is 152 cm³/mol. The van der Waals surface area contributed by atoms with Gasteiger partial charge in [0.25, 0.3) is 0 Å². The molecule has 2 aliphatic heterocycles. The van der Waals surface area contributed by atoms with Crippen LogP contribution in [0.5, 0.6) is 0 Å². The van der Waals surface area contributed by atoms with Crippen LogP contribution < -0.4 is 5.73 Å². The van der Waals surface area contributed by atoms with E-state index in [2.05, 4.69) is 4.99 Å². The minimum atomic E-state index is -1.67. The second-order valence-corrected chi connectivity index (χ2v) is 14.0. The van der Waals surface area contributed by atoms with Crippen molar-refractivity contribution in [3.05, 3.63) is 29.3 Å². The van der Waals surface area contributed by atoms with Crippen LogP contribution in [0.4, 0.5) is 24.1 Å². The molecule has 1 unspecified atom stereocenters. The maximum Gasteiger partial charge on any atom is 0.426 e. The van der Waals surface area contributed by atoms with Crippen LogP contribution >= 0.6 is 11.8 Å². The molecule has 1 aromatic carbocycles. The summed E-state index contributed by atoms with van der Waals surface area (Å²) in [4.78, 5) is 48.1. The number of thioether (sulfide) groups is 1. The van der Waals surface area contributed by atoms with Crippen molar-refractivity contribution in [2.45, 2.75) is 83.8 Å². The Labute approximate surface area is 243 Å². The molecule has 0 bridgehead atoms. The van der Waals surface area contributed by atoms with Gasteiger partial charge < -0.3 is 24.8 Å². The largest absolute Gasteiger partial charge is 0.443 e. The Bertz CT molecular complexity index is 1210. The van der Waals surface area contributed by atoms with Crippen LogP contribution in [0.3, 0.4) is 0 Å². The van der Waals surface area contributed by atoms with Gasteiger partial charge in [-0.05, 0) is 67.5 Å². The number of anilines is 1. The number of imide groups is 1. The number of amidine groups is 1. The first kappa shape index (κ1) is 32.6. The van der Waals surface area contributed by atoms with Crippen LogP contribution in [0.25, 0.3) is 0 Å². The standard InChI is InChI=1S/C28H40F2N4O6S/c1-16-27(8,18-14-17(31)15-19(29)20(18)30)32-22(41-28(16,9)21(35)33-10-12-38-13-11-33)34(23(36)39-25(2,3)4)24(37)40-26(5,6)7/h14-16H,10-13,31H2,1-9H3/t16?,27-,28-/m0/s1. The van der Waals surface area contributed by atoms with E-state index in [4.69, 9.17) is 19.9 Å².